The molecule has 5 nitrogen and oxygen atoms in total. The van der Waals surface area contributed by atoms with Gasteiger partial charge in [0, 0.05) is 19.5 Å². The van der Waals surface area contributed by atoms with E-state index in [4.69, 9.17) is 9.47 Å². The van der Waals surface area contributed by atoms with Crippen LogP contribution in [0, 0.1) is 0 Å². The monoisotopic (exact) mass is 347 g/mol. The Hall–Kier alpha value is -1.66. The molecule has 1 aromatic heterocycles. The predicted octanol–water partition coefficient (Wildman–Crippen LogP) is 3.88. The van der Waals surface area contributed by atoms with Crippen molar-refractivity contribution in [1.82, 2.24) is 15.0 Å². The fraction of sp³-hybridized carbons (Fsp3) is 0.500. The summed E-state index contributed by atoms with van der Waals surface area (Å²) in [7, 11) is 1.71. The van der Waals surface area contributed by atoms with Crippen LogP contribution in [0.5, 0.6) is 5.75 Å². The molecular formula is C18H25N3O2S. The van der Waals surface area contributed by atoms with Crippen molar-refractivity contribution in [1.29, 1.82) is 0 Å². The number of rotatable bonds is 8. The third-order valence-corrected chi connectivity index (χ3v) is 4.36. The Bertz CT molecular complexity index is 627. The Kier molecular flexibility index (Phi) is 6.99. The van der Waals surface area contributed by atoms with Gasteiger partial charge in [-0.05, 0) is 29.5 Å². The zero-order valence-electron chi connectivity index (χ0n) is 14.8. The molecule has 2 aromatic rings. The van der Waals surface area contributed by atoms with Crippen LogP contribution >= 0.6 is 11.8 Å². The van der Waals surface area contributed by atoms with Gasteiger partial charge in [-0.25, -0.2) is 15.0 Å². The summed E-state index contributed by atoms with van der Waals surface area (Å²) in [5, 5.41) is 0.725. The van der Waals surface area contributed by atoms with Crippen molar-refractivity contribution in [2.24, 2.45) is 0 Å². The first-order valence-corrected chi connectivity index (χ1v) is 9.00. The van der Waals surface area contributed by atoms with Crippen LogP contribution in [0.15, 0.2) is 35.7 Å². The van der Waals surface area contributed by atoms with Crippen LogP contribution < -0.4 is 4.74 Å². The van der Waals surface area contributed by atoms with Crippen LogP contribution in [-0.2, 0) is 16.8 Å². The first-order valence-electron chi connectivity index (χ1n) is 8.02. The molecule has 0 aliphatic rings. The van der Waals surface area contributed by atoms with E-state index in [9.17, 15) is 0 Å². The molecule has 1 heterocycles. The summed E-state index contributed by atoms with van der Waals surface area (Å²) < 4.78 is 10.8. The van der Waals surface area contributed by atoms with Gasteiger partial charge < -0.3 is 9.47 Å². The second-order valence-electron chi connectivity index (χ2n) is 6.44. The lowest BCUT2D eigenvalue weighted by molar-refractivity contribution is 0.200. The number of hydrogen-bond acceptors (Lipinski definition) is 6. The molecule has 0 atom stereocenters. The van der Waals surface area contributed by atoms with Gasteiger partial charge >= 0.3 is 0 Å². The zero-order chi connectivity index (χ0) is 17.4. The van der Waals surface area contributed by atoms with Crippen molar-refractivity contribution in [2.75, 3.05) is 19.5 Å². The van der Waals surface area contributed by atoms with E-state index in [1.54, 1.807) is 18.9 Å². The summed E-state index contributed by atoms with van der Waals surface area (Å²) in [5.41, 5.74) is 1.42. The minimum atomic E-state index is 0.141. The van der Waals surface area contributed by atoms with E-state index >= 15 is 0 Å². The molecule has 0 spiro atoms. The summed E-state index contributed by atoms with van der Waals surface area (Å²) in [5.74, 6) is 2.38. The third-order valence-electron chi connectivity index (χ3n) is 3.41. The lowest BCUT2D eigenvalue weighted by Crippen LogP contribution is -2.10. The van der Waals surface area contributed by atoms with Crippen LogP contribution in [0.4, 0.5) is 0 Å². The molecule has 0 aliphatic carbocycles. The molecule has 0 unspecified atom stereocenters. The summed E-state index contributed by atoms with van der Waals surface area (Å²) in [4.78, 5) is 12.8. The highest BCUT2D eigenvalue weighted by molar-refractivity contribution is 7.99. The molecule has 0 fully saturated rings. The molecule has 0 amide bonds. The van der Waals surface area contributed by atoms with E-state index in [1.807, 2.05) is 12.1 Å². The maximum atomic E-state index is 5.78. The average Bonchev–Trinajstić information content (AvgIpc) is 2.57. The van der Waals surface area contributed by atoms with Crippen molar-refractivity contribution in [3.8, 4) is 5.75 Å². The van der Waals surface area contributed by atoms with Crippen LogP contribution in [0.25, 0.3) is 0 Å². The maximum Gasteiger partial charge on any atom is 0.190 e. The normalized spacial score (nSPS) is 11.5. The summed E-state index contributed by atoms with van der Waals surface area (Å²) in [6.45, 7) is 7.67. The van der Waals surface area contributed by atoms with E-state index in [0.29, 0.717) is 12.4 Å². The molecule has 2 rings (SSSR count). The van der Waals surface area contributed by atoms with Crippen LogP contribution in [-0.4, -0.2) is 34.4 Å². The van der Waals surface area contributed by atoms with Gasteiger partial charge in [-0.3, -0.25) is 0 Å². The maximum absolute atomic E-state index is 5.78. The van der Waals surface area contributed by atoms with Crippen molar-refractivity contribution >= 4 is 11.8 Å². The van der Waals surface area contributed by atoms with Crippen LogP contribution in [0.1, 0.15) is 38.6 Å². The molecule has 0 N–H and O–H groups in total. The Morgan fingerprint density at radius 2 is 1.83 bits per heavy atom. The van der Waals surface area contributed by atoms with Gasteiger partial charge in [-0.15, -0.1) is 0 Å². The molecule has 24 heavy (non-hydrogen) atoms. The lowest BCUT2D eigenvalue weighted by atomic mass is 9.87. The smallest absolute Gasteiger partial charge is 0.190 e. The Morgan fingerprint density at radius 3 is 2.50 bits per heavy atom. The minimum Gasteiger partial charge on any atom is -0.486 e. The van der Waals surface area contributed by atoms with E-state index in [0.717, 1.165) is 29.7 Å². The largest absolute Gasteiger partial charge is 0.486 e. The molecule has 0 saturated heterocycles. The molecule has 0 radical (unpaired) electrons. The number of methoxy groups -OCH3 is 1. The van der Waals surface area contributed by atoms with Crippen molar-refractivity contribution in [3.05, 3.63) is 42.0 Å². The molecule has 6 heteroatoms. The van der Waals surface area contributed by atoms with Gasteiger partial charge in [-0.1, -0.05) is 44.7 Å². The van der Waals surface area contributed by atoms with Crippen LogP contribution in [0.2, 0.25) is 0 Å². The molecule has 130 valence electrons. The quantitative estimate of drug-likeness (QED) is 0.533. The lowest BCUT2D eigenvalue weighted by Gasteiger charge is -2.19. The Labute approximate surface area is 148 Å². The molecule has 0 bridgehead atoms. The summed E-state index contributed by atoms with van der Waals surface area (Å²) in [6, 6.07) is 8.17. The van der Waals surface area contributed by atoms with Gasteiger partial charge in [-0.2, -0.15) is 0 Å². The second kappa shape index (κ2) is 8.99. The summed E-state index contributed by atoms with van der Waals surface area (Å²) >= 11 is 1.60. The fourth-order valence-corrected chi connectivity index (χ4v) is 2.75. The average molecular weight is 347 g/mol. The number of thioether (sulfide) groups is 1. The van der Waals surface area contributed by atoms with Crippen molar-refractivity contribution in [2.45, 2.75) is 44.4 Å². The Balaban J connectivity index is 1.87. The van der Waals surface area contributed by atoms with E-state index in [2.05, 4.69) is 47.9 Å². The second-order valence-corrected chi connectivity index (χ2v) is 7.50. The number of nitrogens with zero attached hydrogens (tertiary/aromatic N) is 3. The SMILES string of the molecule is COCCCSc1ncnc(COc2ccc(C(C)(C)C)cc2)n1. The number of ether oxygens (including phenoxy) is 2. The van der Waals surface area contributed by atoms with Gasteiger partial charge in [0.15, 0.2) is 11.0 Å². The van der Waals surface area contributed by atoms with Gasteiger partial charge in [0.2, 0.25) is 0 Å². The minimum absolute atomic E-state index is 0.141. The van der Waals surface area contributed by atoms with Gasteiger partial charge in [0.05, 0.1) is 0 Å². The molecule has 0 aliphatic heterocycles. The zero-order valence-corrected chi connectivity index (χ0v) is 15.6. The Morgan fingerprint density at radius 1 is 1.08 bits per heavy atom. The highest BCUT2D eigenvalue weighted by Gasteiger charge is 2.13. The fourth-order valence-electron chi connectivity index (χ4n) is 2.02. The highest BCUT2D eigenvalue weighted by atomic mass is 32.2. The molecule has 0 saturated carbocycles. The van der Waals surface area contributed by atoms with Crippen molar-refractivity contribution < 1.29 is 9.47 Å². The van der Waals surface area contributed by atoms with E-state index in [1.165, 1.54) is 11.9 Å². The van der Waals surface area contributed by atoms with E-state index in [-0.39, 0.29) is 5.41 Å². The van der Waals surface area contributed by atoms with Gasteiger partial charge in [0.25, 0.3) is 0 Å². The predicted molar refractivity (Wildman–Crippen MR) is 96.5 cm³/mol. The topological polar surface area (TPSA) is 57.1 Å². The highest BCUT2D eigenvalue weighted by Crippen LogP contribution is 2.24. The first kappa shape index (κ1) is 18.7. The molecule has 1 aromatic carbocycles. The summed E-state index contributed by atoms with van der Waals surface area (Å²) in [6.07, 6.45) is 2.51. The van der Waals surface area contributed by atoms with Crippen molar-refractivity contribution in [3.63, 3.8) is 0 Å². The standard InChI is InChI=1S/C18H25N3O2S/c1-18(2,3)14-6-8-15(9-7-14)23-12-16-19-13-20-17(21-16)24-11-5-10-22-4/h6-9,13H,5,10-12H2,1-4H3. The van der Waals surface area contributed by atoms with Crippen LogP contribution in [0.3, 0.4) is 0 Å². The van der Waals surface area contributed by atoms with Gasteiger partial charge in [0.1, 0.15) is 18.7 Å². The number of aromatic nitrogens is 3. The number of hydrogen-bond donors (Lipinski definition) is 0. The third kappa shape index (κ3) is 6.09. The number of benzene rings is 1. The van der Waals surface area contributed by atoms with E-state index < -0.39 is 0 Å². The molecular weight excluding hydrogens is 322 g/mol. The first-order chi connectivity index (χ1) is 11.5.